The van der Waals surface area contributed by atoms with Crippen molar-refractivity contribution in [3.05, 3.63) is 46.8 Å². The highest BCUT2D eigenvalue weighted by Gasteiger charge is 2.01. The molecular formula is C10H9NS. The number of hydrogen-bond donors (Lipinski definition) is 0. The van der Waals surface area contributed by atoms with Crippen molar-refractivity contribution in [1.29, 1.82) is 0 Å². The number of nitrogens with zero attached hydrogens (tertiary/aromatic N) is 1. The lowest BCUT2D eigenvalue weighted by atomic mass is 10.2. The zero-order chi connectivity index (χ0) is 8.23. The van der Waals surface area contributed by atoms with Gasteiger partial charge in [0.15, 0.2) is 0 Å². The molecule has 0 fully saturated rings. The van der Waals surface area contributed by atoms with E-state index in [1.54, 1.807) is 11.3 Å². The van der Waals surface area contributed by atoms with Crippen molar-refractivity contribution in [2.24, 2.45) is 4.99 Å². The molecule has 0 atom stereocenters. The highest BCUT2D eigenvalue weighted by molar-refractivity contribution is 7.12. The molecule has 60 valence electrons. The Morgan fingerprint density at radius 1 is 1.33 bits per heavy atom. The topological polar surface area (TPSA) is 12.4 Å². The standard InChI is InChI=1S/C10H9NS/c1-2-5-9(11-7-3-1)10-6-4-8-12-10/h1-4,6-8H,5H2. The average Bonchev–Trinajstić information content (AvgIpc) is 2.48. The lowest BCUT2D eigenvalue weighted by Gasteiger charge is -1.95. The van der Waals surface area contributed by atoms with Crippen molar-refractivity contribution in [2.45, 2.75) is 6.42 Å². The fourth-order valence-corrected chi connectivity index (χ4v) is 1.83. The second-order valence-corrected chi connectivity index (χ2v) is 3.47. The van der Waals surface area contributed by atoms with Crippen molar-refractivity contribution in [3.8, 4) is 0 Å². The fraction of sp³-hybridized carbons (Fsp3) is 0.100. The molecule has 1 aliphatic heterocycles. The molecule has 1 aromatic rings. The summed E-state index contributed by atoms with van der Waals surface area (Å²) in [5.74, 6) is 0. The highest BCUT2D eigenvalue weighted by atomic mass is 32.1. The fourth-order valence-electron chi connectivity index (χ4n) is 1.10. The van der Waals surface area contributed by atoms with Crippen molar-refractivity contribution in [3.63, 3.8) is 0 Å². The summed E-state index contributed by atoms with van der Waals surface area (Å²) in [5, 5.41) is 2.08. The van der Waals surface area contributed by atoms with Gasteiger partial charge < -0.3 is 0 Å². The van der Waals surface area contributed by atoms with Crippen LogP contribution in [0.2, 0.25) is 0 Å². The van der Waals surface area contributed by atoms with Gasteiger partial charge in [0, 0.05) is 17.5 Å². The third kappa shape index (κ3) is 1.53. The van der Waals surface area contributed by atoms with Gasteiger partial charge in [0.1, 0.15) is 0 Å². The molecule has 0 aliphatic carbocycles. The average molecular weight is 175 g/mol. The Bertz CT molecular complexity index is 331. The number of hydrogen-bond acceptors (Lipinski definition) is 2. The van der Waals surface area contributed by atoms with Crippen LogP contribution in [0, 0.1) is 0 Å². The van der Waals surface area contributed by atoms with Gasteiger partial charge in [-0.1, -0.05) is 18.2 Å². The van der Waals surface area contributed by atoms with Crippen LogP contribution in [0.5, 0.6) is 0 Å². The predicted molar refractivity (Wildman–Crippen MR) is 53.8 cm³/mol. The molecule has 2 rings (SSSR count). The van der Waals surface area contributed by atoms with Crippen LogP contribution in [0.4, 0.5) is 0 Å². The lowest BCUT2D eigenvalue weighted by Crippen LogP contribution is -1.93. The molecule has 2 heteroatoms. The Morgan fingerprint density at radius 3 is 3.17 bits per heavy atom. The Morgan fingerprint density at radius 2 is 2.33 bits per heavy atom. The van der Waals surface area contributed by atoms with Crippen LogP contribution in [0.1, 0.15) is 11.3 Å². The van der Waals surface area contributed by atoms with Gasteiger partial charge in [-0.25, -0.2) is 0 Å². The molecule has 0 spiro atoms. The summed E-state index contributed by atoms with van der Waals surface area (Å²) < 4.78 is 0. The Balaban J connectivity index is 2.30. The first-order valence-electron chi connectivity index (χ1n) is 3.89. The first-order valence-corrected chi connectivity index (χ1v) is 4.77. The van der Waals surface area contributed by atoms with Gasteiger partial charge in [0.2, 0.25) is 0 Å². The van der Waals surface area contributed by atoms with E-state index in [9.17, 15) is 0 Å². The van der Waals surface area contributed by atoms with Crippen LogP contribution in [0.3, 0.4) is 0 Å². The summed E-state index contributed by atoms with van der Waals surface area (Å²) in [6.45, 7) is 0. The van der Waals surface area contributed by atoms with Gasteiger partial charge in [0.25, 0.3) is 0 Å². The van der Waals surface area contributed by atoms with Gasteiger partial charge in [-0.15, -0.1) is 11.3 Å². The molecule has 0 bridgehead atoms. The first-order chi connectivity index (χ1) is 5.97. The van der Waals surface area contributed by atoms with E-state index in [0.29, 0.717) is 0 Å². The smallest absolute Gasteiger partial charge is 0.0613 e. The molecule has 0 radical (unpaired) electrons. The van der Waals surface area contributed by atoms with Gasteiger partial charge in [-0.05, 0) is 17.5 Å². The summed E-state index contributed by atoms with van der Waals surface area (Å²) in [5.41, 5.74) is 1.16. The molecule has 0 amide bonds. The quantitative estimate of drug-likeness (QED) is 0.622. The summed E-state index contributed by atoms with van der Waals surface area (Å²) in [7, 11) is 0. The first kappa shape index (κ1) is 7.50. The molecule has 1 aliphatic rings. The van der Waals surface area contributed by atoms with Crippen LogP contribution in [-0.4, -0.2) is 5.71 Å². The number of aliphatic imine (C=N–C) groups is 1. The maximum atomic E-state index is 4.35. The molecule has 0 saturated heterocycles. The minimum atomic E-state index is 0.938. The molecule has 0 aromatic carbocycles. The molecular weight excluding hydrogens is 166 g/mol. The van der Waals surface area contributed by atoms with Gasteiger partial charge in [-0.3, -0.25) is 4.99 Å². The maximum absolute atomic E-state index is 4.35. The summed E-state index contributed by atoms with van der Waals surface area (Å²) in [6.07, 6.45) is 8.90. The summed E-state index contributed by atoms with van der Waals surface area (Å²) in [6, 6.07) is 4.16. The van der Waals surface area contributed by atoms with E-state index in [1.807, 2.05) is 18.4 Å². The minimum Gasteiger partial charge on any atom is -0.260 e. The van der Waals surface area contributed by atoms with Gasteiger partial charge >= 0.3 is 0 Å². The third-order valence-corrected chi connectivity index (χ3v) is 2.60. The third-order valence-electron chi connectivity index (χ3n) is 1.68. The van der Waals surface area contributed by atoms with Gasteiger partial charge in [0.05, 0.1) is 5.71 Å². The summed E-state index contributed by atoms with van der Waals surface area (Å²) >= 11 is 1.74. The Kier molecular flexibility index (Phi) is 2.19. The number of rotatable bonds is 1. The van der Waals surface area contributed by atoms with Crippen LogP contribution in [-0.2, 0) is 0 Å². The molecule has 0 unspecified atom stereocenters. The number of allylic oxidation sites excluding steroid dienone is 3. The van der Waals surface area contributed by atoms with E-state index in [1.165, 1.54) is 4.88 Å². The Labute approximate surface area is 75.8 Å². The monoisotopic (exact) mass is 175 g/mol. The minimum absolute atomic E-state index is 0.938. The SMILES string of the molecule is C1=CCC(c2cccs2)=NC=C1. The normalized spacial score (nSPS) is 15.8. The van der Waals surface area contributed by atoms with E-state index < -0.39 is 0 Å². The van der Waals surface area contributed by atoms with Crippen molar-refractivity contribution < 1.29 is 0 Å². The molecule has 0 saturated carbocycles. The van der Waals surface area contributed by atoms with Crippen LogP contribution in [0.25, 0.3) is 0 Å². The van der Waals surface area contributed by atoms with Crippen LogP contribution < -0.4 is 0 Å². The van der Waals surface area contributed by atoms with Crippen LogP contribution >= 0.6 is 11.3 Å². The van der Waals surface area contributed by atoms with Crippen molar-refractivity contribution in [1.82, 2.24) is 0 Å². The molecule has 0 N–H and O–H groups in total. The lowest BCUT2D eigenvalue weighted by molar-refractivity contribution is 1.44. The number of thiophene rings is 1. The van der Waals surface area contributed by atoms with E-state index in [4.69, 9.17) is 0 Å². The van der Waals surface area contributed by atoms with E-state index in [-0.39, 0.29) is 0 Å². The molecule has 12 heavy (non-hydrogen) atoms. The van der Waals surface area contributed by atoms with Crippen molar-refractivity contribution >= 4 is 17.0 Å². The maximum Gasteiger partial charge on any atom is 0.0613 e. The highest BCUT2D eigenvalue weighted by Crippen LogP contribution is 2.14. The molecule has 1 aromatic heterocycles. The Hall–Kier alpha value is -1.15. The zero-order valence-corrected chi connectivity index (χ0v) is 7.42. The van der Waals surface area contributed by atoms with E-state index in [2.05, 4.69) is 28.6 Å². The van der Waals surface area contributed by atoms with E-state index in [0.717, 1.165) is 12.1 Å². The second kappa shape index (κ2) is 3.50. The predicted octanol–water partition coefficient (Wildman–Crippen LogP) is 3.01. The van der Waals surface area contributed by atoms with Gasteiger partial charge in [-0.2, -0.15) is 0 Å². The summed E-state index contributed by atoms with van der Waals surface area (Å²) in [4.78, 5) is 5.62. The van der Waals surface area contributed by atoms with Crippen molar-refractivity contribution in [2.75, 3.05) is 0 Å². The zero-order valence-electron chi connectivity index (χ0n) is 6.60. The molecule has 1 nitrogen and oxygen atoms in total. The second-order valence-electron chi connectivity index (χ2n) is 2.53. The van der Waals surface area contributed by atoms with E-state index >= 15 is 0 Å². The molecule has 2 heterocycles. The largest absolute Gasteiger partial charge is 0.260 e. The van der Waals surface area contributed by atoms with Crippen LogP contribution in [0.15, 0.2) is 46.9 Å².